The minimum Gasteiger partial charge on any atom is -0.495 e. The van der Waals surface area contributed by atoms with Crippen LogP contribution in [-0.2, 0) is 11.2 Å². The lowest BCUT2D eigenvalue weighted by Gasteiger charge is -2.08. The van der Waals surface area contributed by atoms with E-state index in [0.29, 0.717) is 40.9 Å². The Morgan fingerprint density at radius 3 is 2.88 bits per heavy atom. The van der Waals surface area contributed by atoms with E-state index < -0.39 is 0 Å². The van der Waals surface area contributed by atoms with Crippen molar-refractivity contribution < 1.29 is 9.53 Å². The van der Waals surface area contributed by atoms with Gasteiger partial charge in [-0.25, -0.2) is 15.0 Å². The summed E-state index contributed by atoms with van der Waals surface area (Å²) in [6, 6.07) is 3.60. The molecule has 0 spiro atoms. The number of carbonyl (C=O) groups is 1. The Hall–Kier alpha value is -3.10. The topological polar surface area (TPSA) is 122 Å². The highest BCUT2D eigenvalue weighted by molar-refractivity contribution is 5.76. The molecule has 1 aliphatic carbocycles. The number of nitrogens with two attached hydrogens (primary N) is 1. The quantitative estimate of drug-likeness (QED) is 0.727. The zero-order chi connectivity index (χ0) is 18.1. The number of primary amides is 1. The number of carbonyl (C=O) groups excluding carboxylic acids is 1. The molecule has 1 saturated carbocycles. The summed E-state index contributed by atoms with van der Waals surface area (Å²) in [5, 5.41) is 8.23. The summed E-state index contributed by atoms with van der Waals surface area (Å²) < 4.78 is 6.71. The first kappa shape index (κ1) is 16.4. The van der Waals surface area contributed by atoms with Gasteiger partial charge < -0.3 is 10.5 Å². The van der Waals surface area contributed by atoms with Crippen molar-refractivity contribution in [3.8, 4) is 11.6 Å². The van der Waals surface area contributed by atoms with Gasteiger partial charge in [0.25, 0.3) is 0 Å². The van der Waals surface area contributed by atoms with Gasteiger partial charge >= 0.3 is 0 Å². The van der Waals surface area contributed by atoms with Crippen LogP contribution in [0.5, 0.6) is 5.75 Å². The maximum Gasteiger partial charge on any atom is 0.220 e. The average Bonchev–Trinajstić information content (AvgIpc) is 3.29. The van der Waals surface area contributed by atoms with Crippen molar-refractivity contribution in [1.29, 1.82) is 0 Å². The molecule has 4 rings (SSSR count). The molecule has 0 bridgehead atoms. The van der Waals surface area contributed by atoms with E-state index in [1.54, 1.807) is 36.3 Å². The third kappa shape index (κ3) is 3.07. The molecule has 0 aliphatic heterocycles. The van der Waals surface area contributed by atoms with Crippen LogP contribution in [0, 0.1) is 11.8 Å². The van der Waals surface area contributed by atoms with E-state index >= 15 is 0 Å². The largest absolute Gasteiger partial charge is 0.495 e. The van der Waals surface area contributed by atoms with Crippen molar-refractivity contribution in [2.75, 3.05) is 7.11 Å². The number of pyridine rings is 1. The predicted molar refractivity (Wildman–Crippen MR) is 92.5 cm³/mol. The van der Waals surface area contributed by atoms with Gasteiger partial charge in [0.15, 0.2) is 17.0 Å². The Morgan fingerprint density at radius 2 is 2.19 bits per heavy atom. The van der Waals surface area contributed by atoms with Gasteiger partial charge in [0.05, 0.1) is 19.5 Å². The second-order valence-electron chi connectivity index (χ2n) is 6.54. The van der Waals surface area contributed by atoms with E-state index in [1.807, 2.05) is 0 Å². The first-order valence-corrected chi connectivity index (χ1v) is 8.51. The van der Waals surface area contributed by atoms with E-state index in [2.05, 4.69) is 25.3 Å². The number of hydrogen-bond acceptors (Lipinski definition) is 7. The zero-order valence-electron chi connectivity index (χ0n) is 14.4. The molecule has 3 heterocycles. The van der Waals surface area contributed by atoms with Crippen LogP contribution in [0.3, 0.4) is 0 Å². The molecule has 3 aromatic rings. The van der Waals surface area contributed by atoms with Crippen molar-refractivity contribution in [2.45, 2.75) is 25.7 Å². The van der Waals surface area contributed by atoms with Gasteiger partial charge in [-0.3, -0.25) is 4.79 Å². The first-order valence-electron chi connectivity index (χ1n) is 8.51. The molecule has 9 nitrogen and oxygen atoms in total. The SMILES string of the molecule is COc1ccc(-n2nnc3cnc(C[C@@H]4CC[C@@H](C(N)=O)C4)nc32)nc1. The Kier molecular flexibility index (Phi) is 4.19. The van der Waals surface area contributed by atoms with Crippen molar-refractivity contribution in [3.63, 3.8) is 0 Å². The summed E-state index contributed by atoms with van der Waals surface area (Å²) in [5.41, 5.74) is 6.63. The van der Waals surface area contributed by atoms with Crippen LogP contribution >= 0.6 is 0 Å². The van der Waals surface area contributed by atoms with Crippen molar-refractivity contribution in [1.82, 2.24) is 29.9 Å². The molecule has 2 N–H and O–H groups in total. The normalized spacial score (nSPS) is 19.7. The predicted octanol–water partition coefficient (Wildman–Crippen LogP) is 1.06. The molecule has 1 fully saturated rings. The third-order valence-corrected chi connectivity index (χ3v) is 4.83. The molecular formula is C17H19N7O2. The summed E-state index contributed by atoms with van der Waals surface area (Å²) in [6.07, 6.45) is 6.61. The number of methoxy groups -OCH3 is 1. The van der Waals surface area contributed by atoms with Crippen LogP contribution in [0.25, 0.3) is 17.0 Å². The van der Waals surface area contributed by atoms with E-state index in [-0.39, 0.29) is 11.8 Å². The highest BCUT2D eigenvalue weighted by Gasteiger charge is 2.29. The molecule has 0 saturated heterocycles. The molecule has 0 aromatic carbocycles. The van der Waals surface area contributed by atoms with Crippen molar-refractivity contribution >= 4 is 17.1 Å². The molecule has 2 atom stereocenters. The maximum atomic E-state index is 11.3. The standard InChI is InChI=1S/C17H19N7O2/c1-26-12-4-5-15(20-8-12)24-17-13(22-23-24)9-19-14(21-17)7-10-2-3-11(6-10)16(18)25/h4-5,8-11H,2-3,6-7H2,1H3,(H2,18,25)/t10-,11-/m1/s1. The smallest absolute Gasteiger partial charge is 0.220 e. The minimum atomic E-state index is -0.211. The van der Waals surface area contributed by atoms with Crippen LogP contribution in [0.4, 0.5) is 0 Å². The number of ether oxygens (including phenoxy) is 1. The Balaban J connectivity index is 1.59. The summed E-state index contributed by atoms with van der Waals surface area (Å²) in [5.74, 6) is 2.11. The molecular weight excluding hydrogens is 334 g/mol. The zero-order valence-corrected chi connectivity index (χ0v) is 14.4. The first-order chi connectivity index (χ1) is 12.6. The second-order valence-corrected chi connectivity index (χ2v) is 6.54. The Labute approximate surface area is 149 Å². The minimum absolute atomic E-state index is 0.0283. The van der Waals surface area contributed by atoms with Gasteiger partial charge in [0, 0.05) is 12.3 Å². The van der Waals surface area contributed by atoms with Crippen LogP contribution in [0.15, 0.2) is 24.5 Å². The molecule has 134 valence electrons. The summed E-state index contributed by atoms with van der Waals surface area (Å²) in [7, 11) is 1.59. The number of rotatable bonds is 5. The molecule has 0 unspecified atom stereocenters. The van der Waals surface area contributed by atoms with Crippen LogP contribution in [-0.4, -0.2) is 43.0 Å². The molecule has 26 heavy (non-hydrogen) atoms. The summed E-state index contributed by atoms with van der Waals surface area (Å²) in [4.78, 5) is 24.7. The van der Waals surface area contributed by atoms with E-state index in [9.17, 15) is 4.79 Å². The average molecular weight is 353 g/mol. The number of amides is 1. The molecule has 0 radical (unpaired) electrons. The molecule has 9 heteroatoms. The second kappa shape index (κ2) is 6.66. The van der Waals surface area contributed by atoms with Gasteiger partial charge in [-0.1, -0.05) is 5.21 Å². The van der Waals surface area contributed by atoms with E-state index in [0.717, 1.165) is 19.3 Å². The number of hydrogen-bond donors (Lipinski definition) is 1. The molecule has 1 amide bonds. The Morgan fingerprint density at radius 1 is 1.31 bits per heavy atom. The van der Waals surface area contributed by atoms with Crippen LogP contribution in [0.2, 0.25) is 0 Å². The van der Waals surface area contributed by atoms with Gasteiger partial charge in [-0.2, -0.15) is 4.68 Å². The monoisotopic (exact) mass is 353 g/mol. The number of nitrogens with zero attached hydrogens (tertiary/aromatic N) is 6. The maximum absolute atomic E-state index is 11.3. The van der Waals surface area contributed by atoms with Gasteiger partial charge in [0.1, 0.15) is 11.6 Å². The fourth-order valence-corrected chi connectivity index (χ4v) is 3.41. The third-order valence-electron chi connectivity index (χ3n) is 4.83. The van der Waals surface area contributed by atoms with Crippen LogP contribution in [0.1, 0.15) is 25.1 Å². The van der Waals surface area contributed by atoms with Crippen LogP contribution < -0.4 is 10.5 Å². The van der Waals surface area contributed by atoms with Gasteiger partial charge in [0.2, 0.25) is 5.91 Å². The number of aromatic nitrogens is 6. The fraction of sp³-hybridized carbons (Fsp3) is 0.412. The molecule has 3 aromatic heterocycles. The highest BCUT2D eigenvalue weighted by Crippen LogP contribution is 2.32. The lowest BCUT2D eigenvalue weighted by Crippen LogP contribution is -2.21. The Bertz CT molecular complexity index is 938. The van der Waals surface area contributed by atoms with Gasteiger partial charge in [-0.05, 0) is 37.3 Å². The summed E-state index contributed by atoms with van der Waals surface area (Å²) >= 11 is 0. The van der Waals surface area contributed by atoms with Crippen molar-refractivity contribution in [3.05, 3.63) is 30.4 Å². The number of fused-ring (bicyclic) bond motifs is 1. The fourth-order valence-electron chi connectivity index (χ4n) is 3.41. The molecule has 1 aliphatic rings. The summed E-state index contributed by atoms with van der Waals surface area (Å²) in [6.45, 7) is 0. The van der Waals surface area contributed by atoms with E-state index in [1.165, 1.54) is 0 Å². The lowest BCUT2D eigenvalue weighted by molar-refractivity contribution is -0.121. The highest BCUT2D eigenvalue weighted by atomic mass is 16.5. The lowest BCUT2D eigenvalue weighted by atomic mass is 10.0. The van der Waals surface area contributed by atoms with E-state index in [4.69, 9.17) is 10.5 Å². The van der Waals surface area contributed by atoms with Gasteiger partial charge in [-0.15, -0.1) is 5.10 Å². The van der Waals surface area contributed by atoms with Crippen molar-refractivity contribution in [2.24, 2.45) is 17.6 Å².